The number of esters is 1. The molecule has 0 aliphatic carbocycles. The van der Waals surface area contributed by atoms with Crippen molar-refractivity contribution >= 4 is 5.97 Å². The van der Waals surface area contributed by atoms with Crippen LogP contribution in [-0.2, 0) is 4.74 Å². The number of aromatic amines is 1. The minimum absolute atomic E-state index is 0.148. The SMILES string of the molecule is CCOC(=O)c1c[nH]cc(F)c1=O. The number of H-pyrrole nitrogens is 1. The number of carbonyl (C=O) groups is 1. The van der Waals surface area contributed by atoms with Crippen LogP contribution in [0.2, 0.25) is 0 Å². The number of nitrogens with one attached hydrogen (secondary N) is 1. The van der Waals surface area contributed by atoms with Crippen LogP contribution in [0.1, 0.15) is 17.3 Å². The van der Waals surface area contributed by atoms with Gasteiger partial charge in [0.15, 0.2) is 5.82 Å². The Balaban J connectivity index is 3.08. The average molecular weight is 185 g/mol. The summed E-state index contributed by atoms with van der Waals surface area (Å²) in [5.41, 5.74) is -1.26. The third-order valence-electron chi connectivity index (χ3n) is 1.39. The van der Waals surface area contributed by atoms with Crippen LogP contribution in [0.3, 0.4) is 0 Å². The lowest BCUT2D eigenvalue weighted by Crippen LogP contribution is -2.19. The molecule has 0 saturated heterocycles. The molecule has 0 saturated carbocycles. The molecule has 0 spiro atoms. The van der Waals surface area contributed by atoms with Crippen molar-refractivity contribution < 1.29 is 13.9 Å². The van der Waals surface area contributed by atoms with E-state index in [1.165, 1.54) is 0 Å². The molecule has 1 aromatic rings. The molecule has 1 heterocycles. The first-order valence-corrected chi connectivity index (χ1v) is 3.70. The van der Waals surface area contributed by atoms with Crippen molar-refractivity contribution in [3.8, 4) is 0 Å². The monoisotopic (exact) mass is 185 g/mol. The molecule has 0 aliphatic rings. The lowest BCUT2D eigenvalue weighted by Gasteiger charge is -1.99. The van der Waals surface area contributed by atoms with Gasteiger partial charge in [0.25, 0.3) is 0 Å². The van der Waals surface area contributed by atoms with Crippen LogP contribution in [-0.4, -0.2) is 17.6 Å². The third kappa shape index (κ3) is 1.93. The number of ether oxygens (including phenoxy) is 1. The molecule has 1 N–H and O–H groups in total. The molecule has 4 nitrogen and oxygen atoms in total. The summed E-state index contributed by atoms with van der Waals surface area (Å²) >= 11 is 0. The first-order chi connectivity index (χ1) is 6.16. The zero-order valence-corrected chi connectivity index (χ0v) is 6.96. The van der Waals surface area contributed by atoms with Gasteiger partial charge < -0.3 is 9.72 Å². The van der Waals surface area contributed by atoms with Crippen molar-refractivity contribution in [1.82, 2.24) is 4.98 Å². The van der Waals surface area contributed by atoms with Crippen molar-refractivity contribution in [1.29, 1.82) is 0 Å². The fraction of sp³-hybridized carbons (Fsp3) is 0.250. The second-order valence-corrected chi connectivity index (χ2v) is 2.27. The largest absolute Gasteiger partial charge is 0.462 e. The Morgan fingerprint density at radius 1 is 1.62 bits per heavy atom. The highest BCUT2D eigenvalue weighted by molar-refractivity contribution is 5.88. The summed E-state index contributed by atoms with van der Waals surface area (Å²) < 4.78 is 17.2. The highest BCUT2D eigenvalue weighted by Gasteiger charge is 2.13. The van der Waals surface area contributed by atoms with Crippen molar-refractivity contribution in [3.63, 3.8) is 0 Å². The Kier molecular flexibility index (Phi) is 2.79. The normalized spacial score (nSPS) is 9.69. The van der Waals surface area contributed by atoms with Crippen LogP contribution in [0.15, 0.2) is 17.2 Å². The van der Waals surface area contributed by atoms with Gasteiger partial charge in [-0.1, -0.05) is 0 Å². The number of carbonyl (C=O) groups excluding carboxylic acids is 1. The van der Waals surface area contributed by atoms with Gasteiger partial charge in [-0.3, -0.25) is 4.79 Å². The van der Waals surface area contributed by atoms with E-state index in [4.69, 9.17) is 0 Å². The Morgan fingerprint density at radius 3 is 2.92 bits per heavy atom. The predicted octanol–water partition coefficient (Wildman–Crippen LogP) is 0.691. The topological polar surface area (TPSA) is 59.2 Å². The Hall–Kier alpha value is -1.65. The van der Waals surface area contributed by atoms with E-state index >= 15 is 0 Å². The molecule has 0 aliphatic heterocycles. The quantitative estimate of drug-likeness (QED) is 0.689. The maximum Gasteiger partial charge on any atom is 0.343 e. The van der Waals surface area contributed by atoms with Crippen molar-refractivity contribution in [2.24, 2.45) is 0 Å². The summed E-state index contributed by atoms with van der Waals surface area (Å²) in [6.07, 6.45) is 1.99. The zero-order valence-electron chi connectivity index (χ0n) is 6.96. The van der Waals surface area contributed by atoms with E-state index in [0.29, 0.717) is 0 Å². The van der Waals surface area contributed by atoms with Crippen LogP contribution >= 0.6 is 0 Å². The van der Waals surface area contributed by atoms with Gasteiger partial charge in [0.05, 0.1) is 6.61 Å². The van der Waals surface area contributed by atoms with E-state index in [-0.39, 0.29) is 12.2 Å². The molecule has 0 amide bonds. The maximum atomic E-state index is 12.6. The number of aromatic nitrogens is 1. The molecule has 1 aromatic heterocycles. The fourth-order valence-corrected chi connectivity index (χ4v) is 0.818. The smallest absolute Gasteiger partial charge is 0.343 e. The van der Waals surface area contributed by atoms with E-state index in [1.54, 1.807) is 6.92 Å². The minimum Gasteiger partial charge on any atom is -0.462 e. The summed E-state index contributed by atoms with van der Waals surface area (Å²) in [6.45, 7) is 1.75. The van der Waals surface area contributed by atoms with E-state index in [1.807, 2.05) is 0 Å². The fourth-order valence-electron chi connectivity index (χ4n) is 0.818. The first kappa shape index (κ1) is 9.44. The van der Waals surface area contributed by atoms with E-state index in [2.05, 4.69) is 9.72 Å². The van der Waals surface area contributed by atoms with Crippen molar-refractivity contribution in [3.05, 3.63) is 34.0 Å². The summed E-state index contributed by atoms with van der Waals surface area (Å²) in [5, 5.41) is 0. The van der Waals surface area contributed by atoms with E-state index < -0.39 is 17.2 Å². The number of halogens is 1. The molecule has 0 bridgehead atoms. The Morgan fingerprint density at radius 2 is 2.31 bits per heavy atom. The zero-order chi connectivity index (χ0) is 9.84. The first-order valence-electron chi connectivity index (χ1n) is 3.70. The molecule has 0 fully saturated rings. The summed E-state index contributed by atoms with van der Waals surface area (Å²) in [7, 11) is 0. The average Bonchev–Trinajstić information content (AvgIpc) is 2.10. The number of hydrogen-bond donors (Lipinski definition) is 1. The maximum absolute atomic E-state index is 12.6. The molecule has 0 atom stereocenters. The van der Waals surface area contributed by atoms with Gasteiger partial charge in [0.2, 0.25) is 5.43 Å². The lowest BCUT2D eigenvalue weighted by atomic mass is 10.3. The molecular weight excluding hydrogens is 177 g/mol. The molecule has 1 rings (SSSR count). The molecule has 0 radical (unpaired) electrons. The van der Waals surface area contributed by atoms with Gasteiger partial charge in [-0.05, 0) is 6.92 Å². The summed E-state index contributed by atoms with van der Waals surface area (Å²) in [4.78, 5) is 24.3. The predicted molar refractivity (Wildman–Crippen MR) is 43.0 cm³/mol. The number of pyridine rings is 1. The number of hydrogen-bond acceptors (Lipinski definition) is 3. The van der Waals surface area contributed by atoms with E-state index in [0.717, 1.165) is 12.4 Å². The Labute approximate surface area is 73.3 Å². The summed E-state index contributed by atoms with van der Waals surface area (Å²) in [6, 6.07) is 0. The van der Waals surface area contributed by atoms with Crippen LogP contribution in [0.5, 0.6) is 0 Å². The lowest BCUT2D eigenvalue weighted by molar-refractivity contribution is 0.0523. The molecule has 0 unspecified atom stereocenters. The van der Waals surface area contributed by atoms with Crippen LogP contribution < -0.4 is 5.43 Å². The van der Waals surface area contributed by atoms with Gasteiger partial charge in [-0.15, -0.1) is 0 Å². The highest BCUT2D eigenvalue weighted by Crippen LogP contribution is 1.95. The number of rotatable bonds is 2. The van der Waals surface area contributed by atoms with Crippen molar-refractivity contribution in [2.45, 2.75) is 6.92 Å². The van der Waals surface area contributed by atoms with Gasteiger partial charge in [0.1, 0.15) is 5.56 Å². The van der Waals surface area contributed by atoms with Gasteiger partial charge >= 0.3 is 5.97 Å². The second kappa shape index (κ2) is 3.84. The molecule has 70 valence electrons. The Bertz CT molecular complexity index is 372. The molecule has 13 heavy (non-hydrogen) atoms. The van der Waals surface area contributed by atoms with Gasteiger partial charge in [0, 0.05) is 12.4 Å². The minimum atomic E-state index is -0.995. The second-order valence-electron chi connectivity index (χ2n) is 2.27. The summed E-state index contributed by atoms with van der Waals surface area (Å²) in [5.74, 6) is -1.81. The van der Waals surface area contributed by atoms with Crippen LogP contribution in [0, 0.1) is 5.82 Å². The van der Waals surface area contributed by atoms with Gasteiger partial charge in [-0.2, -0.15) is 0 Å². The highest BCUT2D eigenvalue weighted by atomic mass is 19.1. The standard InChI is InChI=1S/C8H8FNO3/c1-2-13-8(12)5-3-10-4-6(9)7(5)11/h3-4H,2H2,1H3,(H,10,11). The molecular formula is C8H8FNO3. The van der Waals surface area contributed by atoms with Gasteiger partial charge in [-0.25, -0.2) is 9.18 Å². The molecule has 5 heteroatoms. The van der Waals surface area contributed by atoms with Crippen molar-refractivity contribution in [2.75, 3.05) is 6.61 Å². The van der Waals surface area contributed by atoms with Crippen LogP contribution in [0.4, 0.5) is 4.39 Å². The van der Waals surface area contributed by atoms with Crippen LogP contribution in [0.25, 0.3) is 0 Å². The van der Waals surface area contributed by atoms with E-state index in [9.17, 15) is 14.0 Å². The molecule has 0 aromatic carbocycles. The third-order valence-corrected chi connectivity index (χ3v) is 1.39.